The lowest BCUT2D eigenvalue weighted by molar-refractivity contribution is 0.720. The van der Waals surface area contributed by atoms with Crippen LogP contribution in [0, 0.1) is 0 Å². The summed E-state index contributed by atoms with van der Waals surface area (Å²) in [5, 5.41) is 4.12. The van der Waals surface area contributed by atoms with Crippen LogP contribution in [0.1, 0.15) is 31.7 Å². The highest BCUT2D eigenvalue weighted by molar-refractivity contribution is 7.28. The van der Waals surface area contributed by atoms with E-state index in [-0.39, 0.29) is 0 Å². The first-order chi connectivity index (χ1) is 7.83. The molecule has 1 heteroatoms. The number of unbranched alkanes of at least 4 members (excludes halogenated alkanes) is 2. The molecule has 2 rings (SSSR count). The lowest BCUT2D eigenvalue weighted by Gasteiger charge is -2.08. The first-order valence-electron chi connectivity index (χ1n) is 6.09. The average Bonchev–Trinajstić information content (AvgIpc) is 2.30. The van der Waals surface area contributed by atoms with Crippen molar-refractivity contribution in [3.05, 3.63) is 42.0 Å². The summed E-state index contributed by atoms with van der Waals surface area (Å²) < 4.78 is 0. The fourth-order valence-corrected chi connectivity index (χ4v) is 2.69. The molecule has 0 saturated carbocycles. The van der Waals surface area contributed by atoms with E-state index in [1.807, 2.05) is 0 Å². The fraction of sp³-hybridized carbons (Fsp3) is 0.333. The Labute approximate surface area is 100 Å². The summed E-state index contributed by atoms with van der Waals surface area (Å²) in [4.78, 5) is 0. The fourth-order valence-electron chi connectivity index (χ4n) is 2.22. The molecule has 0 spiro atoms. The van der Waals surface area contributed by atoms with E-state index in [1.54, 1.807) is 0 Å². The molecule has 2 aromatic carbocycles. The van der Waals surface area contributed by atoms with Crippen molar-refractivity contribution in [1.29, 1.82) is 0 Å². The van der Waals surface area contributed by atoms with Crippen LogP contribution in [0.15, 0.2) is 36.4 Å². The van der Waals surface area contributed by atoms with Crippen molar-refractivity contribution in [1.82, 2.24) is 0 Å². The highest BCUT2D eigenvalue weighted by Gasteiger charge is 2.02. The van der Waals surface area contributed by atoms with Crippen molar-refractivity contribution >= 4 is 25.3 Å². The zero-order valence-corrected chi connectivity index (χ0v) is 11.0. The van der Waals surface area contributed by atoms with Crippen LogP contribution in [0.5, 0.6) is 0 Å². The molecule has 0 amide bonds. The number of hydrogen-bond acceptors (Lipinski definition) is 0. The van der Waals surface area contributed by atoms with Crippen molar-refractivity contribution in [2.75, 3.05) is 0 Å². The molecular weight excluding hydrogens is 211 g/mol. The highest BCUT2D eigenvalue weighted by atomic mass is 31.0. The van der Waals surface area contributed by atoms with Crippen LogP contribution in [-0.2, 0) is 6.42 Å². The maximum atomic E-state index is 2.86. The summed E-state index contributed by atoms with van der Waals surface area (Å²) in [6.07, 6.45) is 5.12. The molecule has 0 radical (unpaired) electrons. The van der Waals surface area contributed by atoms with Crippen LogP contribution in [-0.4, -0.2) is 0 Å². The Morgan fingerprint density at radius 3 is 2.50 bits per heavy atom. The summed E-state index contributed by atoms with van der Waals surface area (Å²) >= 11 is 0. The minimum absolute atomic E-state index is 1.20. The predicted octanol–water partition coefficient (Wildman–Crippen LogP) is 4.07. The van der Waals surface area contributed by atoms with Gasteiger partial charge in [-0.2, -0.15) is 0 Å². The molecule has 0 saturated heterocycles. The number of benzene rings is 2. The Bertz CT molecular complexity index is 469. The zero-order chi connectivity index (χ0) is 11.4. The van der Waals surface area contributed by atoms with Gasteiger partial charge in [-0.25, -0.2) is 0 Å². The van der Waals surface area contributed by atoms with Gasteiger partial charge >= 0.3 is 0 Å². The minimum atomic E-state index is 1.20. The molecule has 0 aliphatic rings. The van der Waals surface area contributed by atoms with Crippen LogP contribution in [0.25, 0.3) is 10.8 Å². The summed E-state index contributed by atoms with van der Waals surface area (Å²) in [7, 11) is 2.86. The Morgan fingerprint density at radius 1 is 1.00 bits per heavy atom. The van der Waals surface area contributed by atoms with Gasteiger partial charge in [-0.1, -0.05) is 56.2 Å². The monoisotopic (exact) mass is 230 g/mol. The summed E-state index contributed by atoms with van der Waals surface area (Å²) in [6, 6.07) is 13.1. The number of aryl methyl sites for hydroxylation is 1. The standard InChI is InChI=1S/C15H19P/c1-2-3-4-7-12-8-5-9-13-10-6-11-14(16)15(12)13/h5-6,8-11H,2-4,7,16H2,1H3. The van der Waals surface area contributed by atoms with Gasteiger partial charge in [0.2, 0.25) is 0 Å². The molecule has 0 nitrogen and oxygen atoms in total. The number of hydrogen-bond donors (Lipinski definition) is 0. The smallest absolute Gasteiger partial charge is 0.00802 e. The van der Waals surface area contributed by atoms with E-state index in [0.717, 1.165) is 0 Å². The van der Waals surface area contributed by atoms with E-state index >= 15 is 0 Å². The van der Waals surface area contributed by atoms with Crippen LogP contribution in [0.3, 0.4) is 0 Å². The average molecular weight is 230 g/mol. The maximum Gasteiger partial charge on any atom is -0.00802 e. The molecule has 2 aromatic rings. The molecule has 0 heterocycles. The SMILES string of the molecule is CCCCCc1cccc2cccc(P)c12. The second kappa shape index (κ2) is 5.46. The van der Waals surface area contributed by atoms with E-state index in [1.165, 1.54) is 47.3 Å². The second-order valence-electron chi connectivity index (χ2n) is 4.32. The van der Waals surface area contributed by atoms with Gasteiger partial charge in [0, 0.05) is 0 Å². The molecule has 0 N–H and O–H groups in total. The van der Waals surface area contributed by atoms with Gasteiger partial charge in [0.05, 0.1) is 0 Å². The predicted molar refractivity (Wildman–Crippen MR) is 76.5 cm³/mol. The van der Waals surface area contributed by atoms with Crippen molar-refractivity contribution in [3.8, 4) is 0 Å². The Balaban J connectivity index is 2.37. The van der Waals surface area contributed by atoms with Gasteiger partial charge in [-0.3, -0.25) is 0 Å². The van der Waals surface area contributed by atoms with E-state index in [9.17, 15) is 0 Å². The van der Waals surface area contributed by atoms with Crippen LogP contribution in [0.2, 0.25) is 0 Å². The largest absolute Gasteiger partial charge is 0.105 e. The summed E-state index contributed by atoms with van der Waals surface area (Å²) in [6.45, 7) is 2.25. The van der Waals surface area contributed by atoms with Crippen molar-refractivity contribution in [2.45, 2.75) is 32.6 Å². The van der Waals surface area contributed by atoms with Crippen molar-refractivity contribution < 1.29 is 0 Å². The third-order valence-electron chi connectivity index (χ3n) is 3.07. The van der Waals surface area contributed by atoms with Gasteiger partial charge in [-0.15, -0.1) is 9.24 Å². The van der Waals surface area contributed by atoms with E-state index in [4.69, 9.17) is 0 Å². The number of fused-ring (bicyclic) bond motifs is 1. The van der Waals surface area contributed by atoms with Crippen LogP contribution in [0.4, 0.5) is 0 Å². The molecule has 84 valence electrons. The summed E-state index contributed by atoms with van der Waals surface area (Å²) in [5.74, 6) is 0. The summed E-state index contributed by atoms with van der Waals surface area (Å²) in [5.41, 5.74) is 1.50. The molecule has 0 aromatic heterocycles. The Morgan fingerprint density at radius 2 is 1.75 bits per heavy atom. The topological polar surface area (TPSA) is 0 Å². The molecule has 0 bridgehead atoms. The van der Waals surface area contributed by atoms with Gasteiger partial charge < -0.3 is 0 Å². The molecular formula is C15H19P. The zero-order valence-electron chi connectivity index (χ0n) is 9.87. The molecule has 0 aliphatic heterocycles. The van der Waals surface area contributed by atoms with Crippen LogP contribution < -0.4 is 5.30 Å². The van der Waals surface area contributed by atoms with Crippen molar-refractivity contribution in [2.24, 2.45) is 0 Å². The Kier molecular flexibility index (Phi) is 3.96. The van der Waals surface area contributed by atoms with E-state index < -0.39 is 0 Å². The molecule has 1 unspecified atom stereocenters. The highest BCUT2D eigenvalue weighted by Crippen LogP contribution is 2.20. The Hall–Kier alpha value is -0.870. The van der Waals surface area contributed by atoms with Gasteiger partial charge in [0.15, 0.2) is 0 Å². The number of rotatable bonds is 4. The van der Waals surface area contributed by atoms with Crippen LogP contribution >= 0.6 is 9.24 Å². The maximum absolute atomic E-state index is 2.86. The van der Waals surface area contributed by atoms with Gasteiger partial charge in [-0.05, 0) is 34.5 Å². The molecule has 0 aliphatic carbocycles. The molecule has 1 atom stereocenters. The quantitative estimate of drug-likeness (QED) is 0.548. The van der Waals surface area contributed by atoms with Gasteiger partial charge in [0.1, 0.15) is 0 Å². The van der Waals surface area contributed by atoms with E-state index in [2.05, 4.69) is 52.6 Å². The first kappa shape index (κ1) is 11.6. The normalized spacial score (nSPS) is 10.9. The third-order valence-corrected chi connectivity index (χ3v) is 3.55. The first-order valence-corrected chi connectivity index (χ1v) is 6.66. The lowest BCUT2D eigenvalue weighted by atomic mass is 10.00. The second-order valence-corrected chi connectivity index (χ2v) is 4.94. The van der Waals surface area contributed by atoms with E-state index in [0.29, 0.717) is 0 Å². The molecule has 0 fully saturated rings. The van der Waals surface area contributed by atoms with Gasteiger partial charge in [0.25, 0.3) is 0 Å². The third kappa shape index (κ3) is 2.44. The lowest BCUT2D eigenvalue weighted by Crippen LogP contribution is -1.97. The molecule has 16 heavy (non-hydrogen) atoms. The minimum Gasteiger partial charge on any atom is -0.105 e. The van der Waals surface area contributed by atoms with Crippen molar-refractivity contribution in [3.63, 3.8) is 0 Å².